The zero-order chi connectivity index (χ0) is 7.98. The van der Waals surface area contributed by atoms with E-state index in [1.54, 1.807) is 0 Å². The van der Waals surface area contributed by atoms with Gasteiger partial charge >= 0.3 is 5.97 Å². The molecule has 0 saturated carbocycles. The maximum Gasteiger partial charge on any atom is 0.308 e. The highest BCUT2D eigenvalue weighted by atomic mass is 16.7. The van der Waals surface area contributed by atoms with Crippen LogP contribution < -0.4 is 0 Å². The summed E-state index contributed by atoms with van der Waals surface area (Å²) in [5, 5.41) is 0. The van der Waals surface area contributed by atoms with Crippen LogP contribution in [0.3, 0.4) is 0 Å². The Kier molecular flexibility index (Phi) is 8.94. The molecule has 0 spiro atoms. The second-order valence-electron chi connectivity index (χ2n) is 2.52. The molecule has 0 saturated heterocycles. The summed E-state index contributed by atoms with van der Waals surface area (Å²) in [6.07, 6.45) is 0.462. The van der Waals surface area contributed by atoms with Crippen LogP contribution in [0.15, 0.2) is 0 Å². The van der Waals surface area contributed by atoms with Crippen LogP contribution in [0.4, 0.5) is 0 Å². The lowest BCUT2D eigenvalue weighted by Gasteiger charge is -2.04. The average molecular weight is 162 g/mol. The van der Waals surface area contributed by atoms with Crippen LogP contribution in [-0.2, 0) is 14.3 Å². The zero-order valence-electron chi connectivity index (χ0n) is 6.72. The summed E-state index contributed by atoms with van der Waals surface area (Å²) < 4.78 is 9.19. The molecule has 0 unspecified atom stereocenters. The van der Waals surface area contributed by atoms with Gasteiger partial charge in [-0.1, -0.05) is 21.3 Å². The Hall–Kier alpha value is -0.570. The van der Waals surface area contributed by atoms with Crippen molar-refractivity contribution in [1.82, 2.24) is 0 Å². The van der Waals surface area contributed by atoms with E-state index in [4.69, 9.17) is 0 Å². The number of ether oxygens (including phenoxy) is 2. The summed E-state index contributed by atoms with van der Waals surface area (Å²) in [6.45, 7) is 3.99. The van der Waals surface area contributed by atoms with E-state index in [0.29, 0.717) is 12.3 Å². The van der Waals surface area contributed by atoms with Gasteiger partial charge < -0.3 is 9.47 Å². The molecule has 0 heterocycles. The minimum Gasteiger partial charge on any atom is -0.438 e. The van der Waals surface area contributed by atoms with E-state index < -0.39 is 0 Å². The quantitative estimate of drug-likeness (QED) is 0.467. The fraction of sp³-hybridized carbons (Fsp3) is 0.875. The highest BCUT2D eigenvalue weighted by Gasteiger charge is 2.04. The lowest BCUT2D eigenvalue weighted by atomic mass is 10.1. The van der Waals surface area contributed by atoms with Crippen molar-refractivity contribution in [2.75, 3.05) is 13.9 Å². The van der Waals surface area contributed by atoms with Crippen LogP contribution in [0, 0.1) is 5.92 Å². The summed E-state index contributed by atoms with van der Waals surface area (Å²) in [5.74, 6) is 0.154. The van der Waals surface area contributed by atoms with Crippen LogP contribution in [-0.4, -0.2) is 19.9 Å². The van der Waals surface area contributed by atoms with Crippen molar-refractivity contribution >= 4 is 5.97 Å². The van der Waals surface area contributed by atoms with Crippen molar-refractivity contribution in [3.8, 4) is 0 Å². The molecule has 0 rings (SSSR count). The van der Waals surface area contributed by atoms with Gasteiger partial charge in [0, 0.05) is 13.5 Å². The summed E-state index contributed by atoms with van der Waals surface area (Å²) in [5.41, 5.74) is 0. The number of carbonyl (C=O) groups excluding carboxylic acids is 1. The lowest BCUT2D eigenvalue weighted by Crippen LogP contribution is -2.09. The summed E-state index contributed by atoms with van der Waals surface area (Å²) >= 11 is 0. The second kappa shape index (κ2) is 7.54. The first-order chi connectivity index (χ1) is 4.66. The SMILES string of the molecule is C.COCOC(=O)CC(C)C. The molecule has 0 aromatic rings. The maximum absolute atomic E-state index is 10.7. The van der Waals surface area contributed by atoms with Crippen LogP contribution in [0.25, 0.3) is 0 Å². The molecule has 0 atom stereocenters. The molecule has 11 heavy (non-hydrogen) atoms. The number of methoxy groups -OCH3 is 1. The minimum absolute atomic E-state index is 0. The monoisotopic (exact) mass is 162 g/mol. The third-order valence-electron chi connectivity index (χ3n) is 0.913. The zero-order valence-corrected chi connectivity index (χ0v) is 6.72. The van der Waals surface area contributed by atoms with E-state index in [1.165, 1.54) is 7.11 Å². The standard InChI is InChI=1S/C7H14O3.CH4/c1-6(2)4-7(8)10-5-9-3;/h6H,4-5H2,1-3H3;1H4. The average Bonchev–Trinajstić information content (AvgIpc) is 1.82. The Balaban J connectivity index is 0. The van der Waals surface area contributed by atoms with Gasteiger partial charge in [-0.25, -0.2) is 0 Å². The molecular weight excluding hydrogens is 144 g/mol. The van der Waals surface area contributed by atoms with E-state index in [-0.39, 0.29) is 20.2 Å². The van der Waals surface area contributed by atoms with Crippen LogP contribution in [0.1, 0.15) is 27.7 Å². The van der Waals surface area contributed by atoms with E-state index >= 15 is 0 Å². The third kappa shape index (κ3) is 9.43. The Labute approximate surface area is 68.7 Å². The summed E-state index contributed by atoms with van der Waals surface area (Å²) in [6, 6.07) is 0. The Morgan fingerprint density at radius 3 is 2.36 bits per heavy atom. The fourth-order valence-electron chi connectivity index (χ4n) is 0.517. The smallest absolute Gasteiger partial charge is 0.308 e. The molecule has 0 radical (unpaired) electrons. The van der Waals surface area contributed by atoms with Gasteiger partial charge in [0.05, 0.1) is 0 Å². The number of rotatable bonds is 4. The van der Waals surface area contributed by atoms with Gasteiger partial charge in [-0.3, -0.25) is 4.79 Å². The van der Waals surface area contributed by atoms with Crippen molar-refractivity contribution in [3.63, 3.8) is 0 Å². The molecule has 3 nitrogen and oxygen atoms in total. The Morgan fingerprint density at radius 2 is 2.00 bits per heavy atom. The number of carbonyl (C=O) groups is 1. The fourth-order valence-corrected chi connectivity index (χ4v) is 0.517. The van der Waals surface area contributed by atoms with Gasteiger partial charge in [-0.2, -0.15) is 0 Å². The van der Waals surface area contributed by atoms with Crippen LogP contribution in [0.5, 0.6) is 0 Å². The van der Waals surface area contributed by atoms with Gasteiger partial charge in [0.15, 0.2) is 6.79 Å². The molecule has 0 fully saturated rings. The maximum atomic E-state index is 10.7. The van der Waals surface area contributed by atoms with E-state index in [1.807, 2.05) is 13.8 Å². The van der Waals surface area contributed by atoms with Crippen molar-refractivity contribution in [2.24, 2.45) is 5.92 Å². The molecule has 3 heteroatoms. The van der Waals surface area contributed by atoms with Crippen molar-refractivity contribution < 1.29 is 14.3 Å². The normalized spacial score (nSPS) is 9.09. The molecule has 0 aromatic heterocycles. The van der Waals surface area contributed by atoms with Gasteiger partial charge in [0.2, 0.25) is 0 Å². The van der Waals surface area contributed by atoms with Crippen molar-refractivity contribution in [2.45, 2.75) is 27.7 Å². The first kappa shape index (κ1) is 13.1. The molecule has 0 aliphatic carbocycles. The Bertz CT molecular complexity index is 99.5. The van der Waals surface area contributed by atoms with Gasteiger partial charge in [-0.15, -0.1) is 0 Å². The third-order valence-corrected chi connectivity index (χ3v) is 0.913. The molecule has 0 bridgehead atoms. The largest absolute Gasteiger partial charge is 0.438 e. The van der Waals surface area contributed by atoms with Gasteiger partial charge in [0.1, 0.15) is 0 Å². The van der Waals surface area contributed by atoms with Gasteiger partial charge in [-0.05, 0) is 5.92 Å². The molecule has 68 valence electrons. The minimum atomic E-state index is -0.197. The number of hydrogen-bond donors (Lipinski definition) is 0. The first-order valence-corrected chi connectivity index (χ1v) is 3.31. The number of esters is 1. The Morgan fingerprint density at radius 1 is 1.45 bits per heavy atom. The van der Waals surface area contributed by atoms with Crippen molar-refractivity contribution in [1.29, 1.82) is 0 Å². The van der Waals surface area contributed by atoms with E-state index in [9.17, 15) is 4.79 Å². The van der Waals surface area contributed by atoms with E-state index in [0.717, 1.165) is 0 Å². The highest BCUT2D eigenvalue weighted by molar-refractivity contribution is 5.69. The van der Waals surface area contributed by atoms with Gasteiger partial charge in [0.25, 0.3) is 0 Å². The molecule has 0 N–H and O–H groups in total. The predicted molar refractivity (Wildman–Crippen MR) is 44.2 cm³/mol. The summed E-state index contributed by atoms with van der Waals surface area (Å²) in [7, 11) is 1.49. The topological polar surface area (TPSA) is 35.5 Å². The predicted octanol–water partition coefficient (Wildman–Crippen LogP) is 1.82. The van der Waals surface area contributed by atoms with Crippen molar-refractivity contribution in [3.05, 3.63) is 0 Å². The molecule has 0 aliphatic heterocycles. The molecule has 0 aromatic carbocycles. The molecule has 0 aliphatic rings. The lowest BCUT2D eigenvalue weighted by molar-refractivity contribution is -0.154. The van der Waals surface area contributed by atoms with Crippen LogP contribution >= 0.6 is 0 Å². The second-order valence-corrected chi connectivity index (χ2v) is 2.52. The number of hydrogen-bond acceptors (Lipinski definition) is 3. The highest BCUT2D eigenvalue weighted by Crippen LogP contribution is 2.00. The van der Waals surface area contributed by atoms with Crippen LogP contribution in [0.2, 0.25) is 0 Å². The first-order valence-electron chi connectivity index (χ1n) is 3.31. The van der Waals surface area contributed by atoms with E-state index in [2.05, 4.69) is 9.47 Å². The summed E-state index contributed by atoms with van der Waals surface area (Å²) in [4.78, 5) is 10.7. The molecular formula is C8H18O3. The molecule has 0 amide bonds.